The first kappa shape index (κ1) is 13.1. The van der Waals surface area contributed by atoms with Crippen LogP contribution in [0.2, 0.25) is 0 Å². The lowest BCUT2D eigenvalue weighted by Crippen LogP contribution is -2.34. The molecule has 1 aromatic rings. The first-order valence-corrected chi connectivity index (χ1v) is 5.84. The summed E-state index contributed by atoms with van der Waals surface area (Å²) in [5, 5.41) is 12.6. The molecule has 1 unspecified atom stereocenters. The Morgan fingerprint density at radius 1 is 1.25 bits per heavy atom. The Balaban J connectivity index is 2.78. The van der Waals surface area contributed by atoms with Crippen molar-refractivity contribution in [3.63, 3.8) is 0 Å². The molecule has 0 radical (unpaired) electrons. The van der Waals surface area contributed by atoms with Crippen molar-refractivity contribution in [3.8, 4) is 0 Å². The standard InChI is InChI=1S/C13H20FNO/c1-3-10(4-2)15-13(9-16)11-7-5-6-8-12(11)14/h5-8,10,13,15-16H,3-4,9H2,1-2H3. The van der Waals surface area contributed by atoms with E-state index in [9.17, 15) is 9.50 Å². The van der Waals surface area contributed by atoms with E-state index < -0.39 is 0 Å². The minimum Gasteiger partial charge on any atom is -0.394 e. The van der Waals surface area contributed by atoms with E-state index in [2.05, 4.69) is 19.2 Å². The van der Waals surface area contributed by atoms with Crippen molar-refractivity contribution in [2.75, 3.05) is 6.61 Å². The van der Waals surface area contributed by atoms with E-state index in [4.69, 9.17) is 0 Å². The Bertz CT molecular complexity index is 313. The molecule has 0 amide bonds. The maximum absolute atomic E-state index is 13.5. The summed E-state index contributed by atoms with van der Waals surface area (Å²) in [6.07, 6.45) is 1.95. The third-order valence-electron chi connectivity index (χ3n) is 2.89. The smallest absolute Gasteiger partial charge is 0.128 e. The number of halogens is 1. The van der Waals surface area contributed by atoms with Gasteiger partial charge < -0.3 is 10.4 Å². The molecule has 1 atom stereocenters. The molecule has 0 aromatic heterocycles. The SMILES string of the molecule is CCC(CC)NC(CO)c1ccccc1F. The highest BCUT2D eigenvalue weighted by Crippen LogP contribution is 2.17. The van der Waals surface area contributed by atoms with Gasteiger partial charge in [0.05, 0.1) is 12.6 Å². The monoisotopic (exact) mass is 225 g/mol. The van der Waals surface area contributed by atoms with Crippen LogP contribution in [-0.2, 0) is 0 Å². The largest absolute Gasteiger partial charge is 0.394 e. The summed E-state index contributed by atoms with van der Waals surface area (Å²) in [6.45, 7) is 4.07. The number of nitrogens with one attached hydrogen (secondary N) is 1. The van der Waals surface area contributed by atoms with E-state index in [0.29, 0.717) is 11.6 Å². The van der Waals surface area contributed by atoms with Crippen molar-refractivity contribution in [3.05, 3.63) is 35.6 Å². The lowest BCUT2D eigenvalue weighted by molar-refractivity contribution is 0.227. The Morgan fingerprint density at radius 3 is 2.38 bits per heavy atom. The van der Waals surface area contributed by atoms with Crippen LogP contribution in [0.1, 0.15) is 38.3 Å². The quantitative estimate of drug-likeness (QED) is 0.780. The fourth-order valence-corrected chi connectivity index (χ4v) is 1.81. The molecule has 0 aliphatic heterocycles. The van der Waals surface area contributed by atoms with Crippen LogP contribution in [0.25, 0.3) is 0 Å². The van der Waals surface area contributed by atoms with E-state index in [1.807, 2.05) is 0 Å². The van der Waals surface area contributed by atoms with Gasteiger partial charge in [0.2, 0.25) is 0 Å². The molecule has 0 heterocycles. The van der Waals surface area contributed by atoms with Crippen LogP contribution in [0, 0.1) is 5.82 Å². The average molecular weight is 225 g/mol. The van der Waals surface area contributed by atoms with Gasteiger partial charge in [-0.2, -0.15) is 0 Å². The third-order valence-corrected chi connectivity index (χ3v) is 2.89. The number of rotatable bonds is 6. The predicted octanol–water partition coefficient (Wildman–Crippen LogP) is 2.64. The van der Waals surface area contributed by atoms with E-state index >= 15 is 0 Å². The Hall–Kier alpha value is -0.930. The van der Waals surface area contributed by atoms with Gasteiger partial charge in [-0.3, -0.25) is 0 Å². The topological polar surface area (TPSA) is 32.3 Å². The minimum atomic E-state index is -0.314. The van der Waals surface area contributed by atoms with Gasteiger partial charge in [0, 0.05) is 11.6 Å². The molecule has 0 aliphatic rings. The van der Waals surface area contributed by atoms with E-state index in [1.165, 1.54) is 6.07 Å². The molecule has 0 bridgehead atoms. The molecule has 2 nitrogen and oxygen atoms in total. The van der Waals surface area contributed by atoms with Gasteiger partial charge in [-0.15, -0.1) is 0 Å². The highest BCUT2D eigenvalue weighted by molar-refractivity contribution is 5.21. The maximum Gasteiger partial charge on any atom is 0.128 e. The molecule has 0 fully saturated rings. The summed E-state index contributed by atoms with van der Waals surface area (Å²) >= 11 is 0. The van der Waals surface area contributed by atoms with Gasteiger partial charge >= 0.3 is 0 Å². The van der Waals surface area contributed by atoms with Gasteiger partial charge in [-0.05, 0) is 18.9 Å². The number of hydrogen-bond donors (Lipinski definition) is 2. The second-order valence-electron chi connectivity index (χ2n) is 3.94. The number of aliphatic hydroxyl groups is 1. The Labute approximate surface area is 96.5 Å². The highest BCUT2D eigenvalue weighted by atomic mass is 19.1. The van der Waals surface area contributed by atoms with Crippen LogP contribution in [0.5, 0.6) is 0 Å². The maximum atomic E-state index is 13.5. The first-order valence-electron chi connectivity index (χ1n) is 5.84. The Kier molecular flexibility index (Phi) is 5.43. The van der Waals surface area contributed by atoms with Crippen molar-refractivity contribution in [1.82, 2.24) is 5.32 Å². The molecule has 2 N–H and O–H groups in total. The zero-order chi connectivity index (χ0) is 12.0. The summed E-state index contributed by atoms with van der Waals surface area (Å²) in [7, 11) is 0. The van der Waals surface area contributed by atoms with Crippen LogP contribution in [0.4, 0.5) is 4.39 Å². The van der Waals surface area contributed by atoms with Gasteiger partial charge in [0.15, 0.2) is 0 Å². The van der Waals surface area contributed by atoms with Gasteiger partial charge in [0.25, 0.3) is 0 Å². The van der Waals surface area contributed by atoms with Crippen LogP contribution in [0.15, 0.2) is 24.3 Å². The van der Waals surface area contributed by atoms with Crippen molar-refractivity contribution >= 4 is 0 Å². The second kappa shape index (κ2) is 6.61. The molecule has 1 aromatic carbocycles. The van der Waals surface area contributed by atoms with E-state index in [1.54, 1.807) is 18.2 Å². The number of hydrogen-bond acceptors (Lipinski definition) is 2. The van der Waals surface area contributed by atoms with Crippen molar-refractivity contribution in [1.29, 1.82) is 0 Å². The molecular weight excluding hydrogens is 205 g/mol. The summed E-state index contributed by atoms with van der Waals surface area (Å²) < 4.78 is 13.5. The Morgan fingerprint density at radius 2 is 1.88 bits per heavy atom. The van der Waals surface area contributed by atoms with Crippen LogP contribution in [-0.4, -0.2) is 17.8 Å². The summed E-state index contributed by atoms with van der Waals surface area (Å²) in [5.74, 6) is -0.264. The summed E-state index contributed by atoms with van der Waals surface area (Å²) in [4.78, 5) is 0. The number of benzene rings is 1. The second-order valence-corrected chi connectivity index (χ2v) is 3.94. The molecule has 90 valence electrons. The van der Waals surface area contributed by atoms with Gasteiger partial charge in [0.1, 0.15) is 5.82 Å². The number of aliphatic hydroxyl groups excluding tert-OH is 1. The van der Waals surface area contributed by atoms with E-state index in [0.717, 1.165) is 12.8 Å². The third kappa shape index (κ3) is 3.29. The minimum absolute atomic E-state index is 0.0859. The fraction of sp³-hybridized carbons (Fsp3) is 0.538. The zero-order valence-electron chi connectivity index (χ0n) is 9.91. The normalized spacial score (nSPS) is 13.1. The summed E-state index contributed by atoms with van der Waals surface area (Å²) in [5.41, 5.74) is 0.539. The molecule has 3 heteroatoms. The van der Waals surface area contributed by atoms with Crippen molar-refractivity contribution < 1.29 is 9.50 Å². The molecule has 0 saturated carbocycles. The molecular formula is C13H20FNO. The van der Waals surface area contributed by atoms with Crippen LogP contribution >= 0.6 is 0 Å². The van der Waals surface area contributed by atoms with E-state index in [-0.39, 0.29) is 18.5 Å². The fourth-order valence-electron chi connectivity index (χ4n) is 1.81. The van der Waals surface area contributed by atoms with Crippen molar-refractivity contribution in [2.24, 2.45) is 0 Å². The average Bonchev–Trinajstić information content (AvgIpc) is 2.32. The van der Waals surface area contributed by atoms with Gasteiger partial charge in [-0.25, -0.2) is 4.39 Å². The predicted molar refractivity (Wildman–Crippen MR) is 63.7 cm³/mol. The lowest BCUT2D eigenvalue weighted by Gasteiger charge is -2.23. The van der Waals surface area contributed by atoms with Gasteiger partial charge in [-0.1, -0.05) is 32.0 Å². The highest BCUT2D eigenvalue weighted by Gasteiger charge is 2.16. The lowest BCUT2D eigenvalue weighted by atomic mass is 10.0. The summed E-state index contributed by atoms with van der Waals surface area (Å²) in [6, 6.07) is 6.58. The molecule has 16 heavy (non-hydrogen) atoms. The molecule has 1 rings (SSSR count). The molecule has 0 aliphatic carbocycles. The van der Waals surface area contributed by atoms with Crippen molar-refractivity contribution in [2.45, 2.75) is 38.8 Å². The van der Waals surface area contributed by atoms with Crippen LogP contribution in [0.3, 0.4) is 0 Å². The first-order chi connectivity index (χ1) is 7.72. The molecule has 0 saturated heterocycles. The zero-order valence-corrected chi connectivity index (χ0v) is 9.91. The van der Waals surface area contributed by atoms with Crippen LogP contribution < -0.4 is 5.32 Å². The molecule has 0 spiro atoms.